The van der Waals surface area contributed by atoms with Gasteiger partial charge in [0.05, 0.1) is 5.69 Å². The average Bonchev–Trinajstić information content (AvgIpc) is 3.41. The second-order valence-electron chi connectivity index (χ2n) is 6.24. The molecule has 1 aliphatic carbocycles. The molecule has 0 saturated heterocycles. The molecule has 0 unspecified atom stereocenters. The van der Waals surface area contributed by atoms with Crippen molar-refractivity contribution in [3.8, 4) is 22.8 Å². The molecule has 1 fully saturated rings. The highest BCUT2D eigenvalue weighted by Crippen LogP contribution is 2.34. The number of nitrogens with one attached hydrogen (secondary N) is 1. The van der Waals surface area contributed by atoms with E-state index in [1.807, 2.05) is 36.4 Å². The molecule has 7 heteroatoms. The predicted molar refractivity (Wildman–Crippen MR) is 90.8 cm³/mol. The Morgan fingerprint density at radius 2 is 1.96 bits per heavy atom. The summed E-state index contributed by atoms with van der Waals surface area (Å²) in [5.74, 6) is 1.92. The van der Waals surface area contributed by atoms with Crippen molar-refractivity contribution in [1.29, 1.82) is 0 Å². The first-order valence-corrected chi connectivity index (χ1v) is 8.34. The summed E-state index contributed by atoms with van der Waals surface area (Å²) in [6.45, 7) is 1.11. The average molecular weight is 336 g/mol. The number of hydrogen-bond donors (Lipinski definition) is 1. The third-order valence-corrected chi connectivity index (χ3v) is 4.38. The molecular weight excluding hydrogens is 320 g/mol. The Labute approximate surface area is 143 Å². The van der Waals surface area contributed by atoms with Gasteiger partial charge in [-0.1, -0.05) is 6.07 Å². The summed E-state index contributed by atoms with van der Waals surface area (Å²) in [5.41, 5.74) is 2.49. The van der Waals surface area contributed by atoms with Crippen LogP contribution in [0.2, 0.25) is 0 Å². The lowest BCUT2D eigenvalue weighted by atomic mass is 10.1. The minimum Gasteiger partial charge on any atom is -0.486 e. The first-order chi connectivity index (χ1) is 12.3. The number of hydrogen-bond acceptors (Lipinski definition) is 5. The monoisotopic (exact) mass is 336 g/mol. The van der Waals surface area contributed by atoms with Crippen LogP contribution in [-0.4, -0.2) is 33.7 Å². The highest BCUT2D eigenvalue weighted by atomic mass is 16.6. The molecule has 7 nitrogen and oxygen atoms in total. The molecule has 2 aromatic heterocycles. The van der Waals surface area contributed by atoms with Crippen LogP contribution in [0.25, 0.3) is 16.9 Å². The Bertz CT molecular complexity index is 978. The molecule has 5 rings (SSSR count). The molecule has 3 heterocycles. The van der Waals surface area contributed by atoms with Crippen molar-refractivity contribution in [1.82, 2.24) is 14.6 Å². The van der Waals surface area contributed by atoms with Crippen molar-refractivity contribution >= 4 is 17.5 Å². The van der Waals surface area contributed by atoms with Gasteiger partial charge in [0.2, 0.25) is 11.9 Å². The molecule has 126 valence electrons. The van der Waals surface area contributed by atoms with Crippen LogP contribution in [-0.2, 0) is 4.79 Å². The van der Waals surface area contributed by atoms with Crippen LogP contribution in [0, 0.1) is 5.92 Å². The maximum Gasteiger partial charge on any atom is 0.249 e. The summed E-state index contributed by atoms with van der Waals surface area (Å²) in [5, 5.41) is 7.25. The van der Waals surface area contributed by atoms with E-state index in [9.17, 15) is 4.79 Å². The summed E-state index contributed by atoms with van der Waals surface area (Å²) in [6.07, 6.45) is 1.89. The number of ether oxygens (including phenoxy) is 2. The minimum absolute atomic E-state index is 0.00298. The van der Waals surface area contributed by atoms with Gasteiger partial charge in [-0.25, -0.2) is 4.52 Å². The van der Waals surface area contributed by atoms with Gasteiger partial charge in [-0.2, -0.15) is 4.98 Å². The lowest BCUT2D eigenvalue weighted by Crippen LogP contribution is -2.15. The standard InChI is InChI=1S/C18H16N4O3/c23-17(11-4-5-11)20-18-19-16-3-1-2-13(22(16)21-18)12-6-7-14-15(10-12)25-9-8-24-14/h1-3,6-7,10-11H,4-5,8-9H2,(H,20,21,23). The van der Waals surface area contributed by atoms with Crippen LogP contribution in [0.4, 0.5) is 5.95 Å². The van der Waals surface area contributed by atoms with Crippen molar-refractivity contribution in [2.24, 2.45) is 5.92 Å². The molecule has 1 aliphatic heterocycles. The second-order valence-corrected chi connectivity index (χ2v) is 6.24. The summed E-state index contributed by atoms with van der Waals surface area (Å²) < 4.78 is 13.0. The van der Waals surface area contributed by atoms with Crippen molar-refractivity contribution in [2.75, 3.05) is 18.5 Å². The van der Waals surface area contributed by atoms with Crippen LogP contribution < -0.4 is 14.8 Å². The van der Waals surface area contributed by atoms with E-state index in [0.29, 0.717) is 24.8 Å². The van der Waals surface area contributed by atoms with Crippen molar-refractivity contribution < 1.29 is 14.3 Å². The Kier molecular flexibility index (Phi) is 3.12. The van der Waals surface area contributed by atoms with Crippen molar-refractivity contribution in [2.45, 2.75) is 12.8 Å². The second kappa shape index (κ2) is 5.47. The van der Waals surface area contributed by atoms with E-state index in [4.69, 9.17) is 9.47 Å². The lowest BCUT2D eigenvalue weighted by molar-refractivity contribution is -0.117. The Morgan fingerprint density at radius 1 is 1.12 bits per heavy atom. The Morgan fingerprint density at radius 3 is 2.80 bits per heavy atom. The van der Waals surface area contributed by atoms with Gasteiger partial charge in [0.1, 0.15) is 13.2 Å². The largest absolute Gasteiger partial charge is 0.486 e. The van der Waals surface area contributed by atoms with E-state index in [1.54, 1.807) is 4.52 Å². The maximum atomic E-state index is 11.9. The molecule has 1 amide bonds. The smallest absolute Gasteiger partial charge is 0.249 e. The lowest BCUT2D eigenvalue weighted by Gasteiger charge is -2.19. The van der Waals surface area contributed by atoms with E-state index >= 15 is 0 Å². The molecule has 1 aromatic carbocycles. The van der Waals surface area contributed by atoms with Gasteiger partial charge < -0.3 is 9.47 Å². The third kappa shape index (κ3) is 2.57. The number of carbonyl (C=O) groups is 1. The highest BCUT2D eigenvalue weighted by Gasteiger charge is 2.30. The van der Waals surface area contributed by atoms with E-state index in [2.05, 4.69) is 15.4 Å². The Hall–Kier alpha value is -3.09. The number of anilines is 1. The molecular formula is C18H16N4O3. The number of fused-ring (bicyclic) bond motifs is 2. The van der Waals surface area contributed by atoms with Crippen LogP contribution in [0.5, 0.6) is 11.5 Å². The zero-order chi connectivity index (χ0) is 16.8. The van der Waals surface area contributed by atoms with E-state index in [-0.39, 0.29) is 11.8 Å². The molecule has 0 spiro atoms. The third-order valence-electron chi connectivity index (χ3n) is 4.38. The molecule has 1 saturated carbocycles. The molecule has 0 atom stereocenters. The highest BCUT2D eigenvalue weighted by molar-refractivity contribution is 5.92. The quantitative estimate of drug-likeness (QED) is 0.795. The molecule has 0 bridgehead atoms. The number of nitrogens with zero attached hydrogens (tertiary/aromatic N) is 3. The summed E-state index contributed by atoms with van der Waals surface area (Å²) in [4.78, 5) is 16.3. The van der Waals surface area contributed by atoms with Gasteiger partial charge in [0, 0.05) is 11.5 Å². The molecule has 0 radical (unpaired) electrons. The number of amides is 1. The fourth-order valence-electron chi connectivity index (χ4n) is 2.94. The molecule has 2 aliphatic rings. The summed E-state index contributed by atoms with van der Waals surface area (Å²) in [6, 6.07) is 11.5. The van der Waals surface area contributed by atoms with Crippen molar-refractivity contribution in [3.05, 3.63) is 36.4 Å². The fourth-order valence-corrected chi connectivity index (χ4v) is 2.94. The zero-order valence-electron chi connectivity index (χ0n) is 13.4. The first kappa shape index (κ1) is 14.3. The van der Waals surface area contributed by atoms with Gasteiger partial charge >= 0.3 is 0 Å². The summed E-state index contributed by atoms with van der Waals surface area (Å²) >= 11 is 0. The van der Waals surface area contributed by atoms with Gasteiger partial charge in [-0.15, -0.1) is 5.10 Å². The van der Waals surface area contributed by atoms with E-state index < -0.39 is 0 Å². The van der Waals surface area contributed by atoms with Gasteiger partial charge in [-0.05, 0) is 43.2 Å². The van der Waals surface area contributed by atoms with Gasteiger partial charge in [0.25, 0.3) is 0 Å². The first-order valence-electron chi connectivity index (χ1n) is 8.34. The summed E-state index contributed by atoms with van der Waals surface area (Å²) in [7, 11) is 0. The van der Waals surface area contributed by atoms with Gasteiger partial charge in [0.15, 0.2) is 17.1 Å². The number of pyridine rings is 1. The number of aromatic nitrogens is 3. The van der Waals surface area contributed by atoms with Crippen LogP contribution in [0.15, 0.2) is 36.4 Å². The SMILES string of the molecule is O=C(Nc1nc2cccc(-c3ccc4c(c3)OCCO4)n2n1)C1CC1. The number of benzene rings is 1. The molecule has 25 heavy (non-hydrogen) atoms. The predicted octanol–water partition coefficient (Wildman–Crippen LogP) is 2.52. The van der Waals surface area contributed by atoms with E-state index in [1.165, 1.54) is 0 Å². The van der Waals surface area contributed by atoms with Crippen LogP contribution >= 0.6 is 0 Å². The Balaban J connectivity index is 1.54. The fraction of sp³-hybridized carbons (Fsp3) is 0.278. The van der Waals surface area contributed by atoms with Crippen LogP contribution in [0.1, 0.15) is 12.8 Å². The normalized spacial score (nSPS) is 16.0. The van der Waals surface area contributed by atoms with Crippen LogP contribution in [0.3, 0.4) is 0 Å². The minimum atomic E-state index is -0.00298. The van der Waals surface area contributed by atoms with E-state index in [0.717, 1.165) is 35.6 Å². The maximum absolute atomic E-state index is 11.9. The molecule has 1 N–H and O–H groups in total. The van der Waals surface area contributed by atoms with Crippen molar-refractivity contribution in [3.63, 3.8) is 0 Å². The number of carbonyl (C=O) groups excluding carboxylic acids is 1. The molecule has 3 aromatic rings. The number of rotatable bonds is 3. The topological polar surface area (TPSA) is 77.8 Å². The zero-order valence-corrected chi connectivity index (χ0v) is 13.4. The van der Waals surface area contributed by atoms with Gasteiger partial charge in [-0.3, -0.25) is 10.1 Å².